The van der Waals surface area contributed by atoms with Gasteiger partial charge in [0.05, 0.1) is 0 Å². The Labute approximate surface area is 79.5 Å². The van der Waals surface area contributed by atoms with Crippen molar-refractivity contribution in [1.29, 1.82) is 0 Å². The highest BCUT2D eigenvalue weighted by Crippen LogP contribution is 2.28. The molecule has 0 aromatic rings. The number of carbonyl (C=O) groups excluding carboxylic acids is 1. The van der Waals surface area contributed by atoms with E-state index in [1.807, 2.05) is 11.9 Å². The van der Waals surface area contributed by atoms with Gasteiger partial charge in [-0.2, -0.15) is 0 Å². The largest absolute Gasteiger partial charge is 0.341 e. The maximum atomic E-state index is 11.5. The Hall–Kier alpha value is -0.570. The third-order valence-electron chi connectivity index (χ3n) is 3.45. The van der Waals surface area contributed by atoms with Gasteiger partial charge in [-0.3, -0.25) is 4.79 Å². The van der Waals surface area contributed by atoms with Crippen molar-refractivity contribution >= 4 is 5.91 Å². The molecule has 2 heterocycles. The molecular weight excluding hydrogens is 164 g/mol. The molecule has 1 N–H and O–H groups in total. The molecule has 3 heteroatoms. The van der Waals surface area contributed by atoms with Crippen molar-refractivity contribution in [1.82, 2.24) is 10.2 Å². The van der Waals surface area contributed by atoms with E-state index < -0.39 is 0 Å². The molecule has 0 unspecified atom stereocenters. The predicted octanol–water partition coefficient (Wildman–Crippen LogP) is 0.607. The molecule has 74 valence electrons. The number of hydrogen-bond acceptors (Lipinski definition) is 2. The number of piperidine rings is 1. The van der Waals surface area contributed by atoms with Gasteiger partial charge in [0.25, 0.3) is 0 Å². The zero-order chi connectivity index (χ0) is 9.26. The summed E-state index contributed by atoms with van der Waals surface area (Å²) in [4.78, 5) is 13.4. The number of likely N-dealkylation sites (N-methyl/N-ethyl adjacent to an activating group) is 1. The summed E-state index contributed by atoms with van der Waals surface area (Å²) >= 11 is 0. The monoisotopic (exact) mass is 182 g/mol. The molecule has 2 aliphatic rings. The number of likely N-dealkylation sites (tertiary alicyclic amines) is 1. The molecule has 0 bridgehead atoms. The molecule has 0 aromatic carbocycles. The quantitative estimate of drug-likeness (QED) is 0.595. The van der Waals surface area contributed by atoms with Gasteiger partial charge >= 0.3 is 0 Å². The summed E-state index contributed by atoms with van der Waals surface area (Å²) < 4.78 is 0. The molecule has 0 aromatic heterocycles. The summed E-state index contributed by atoms with van der Waals surface area (Å²) in [6.07, 6.45) is 4.42. The summed E-state index contributed by atoms with van der Waals surface area (Å²) in [7, 11) is 1.95. The SMILES string of the molecule is CN1C(=O)CC[C@@H]2CCCNC[C@H]21. The Bertz CT molecular complexity index is 205. The summed E-state index contributed by atoms with van der Waals surface area (Å²) in [5.41, 5.74) is 0. The molecular formula is C10H18N2O. The second-order valence-corrected chi connectivity index (χ2v) is 4.22. The fraction of sp³-hybridized carbons (Fsp3) is 0.900. The van der Waals surface area contributed by atoms with E-state index >= 15 is 0 Å². The lowest BCUT2D eigenvalue weighted by Gasteiger charge is -2.37. The third kappa shape index (κ3) is 1.70. The minimum absolute atomic E-state index is 0.324. The predicted molar refractivity (Wildman–Crippen MR) is 51.4 cm³/mol. The third-order valence-corrected chi connectivity index (χ3v) is 3.45. The van der Waals surface area contributed by atoms with Crippen molar-refractivity contribution in [3.8, 4) is 0 Å². The van der Waals surface area contributed by atoms with Gasteiger partial charge in [0.15, 0.2) is 0 Å². The Morgan fingerprint density at radius 1 is 1.46 bits per heavy atom. The molecule has 3 nitrogen and oxygen atoms in total. The van der Waals surface area contributed by atoms with Gasteiger partial charge in [0, 0.05) is 26.1 Å². The highest BCUT2D eigenvalue weighted by molar-refractivity contribution is 5.77. The van der Waals surface area contributed by atoms with Gasteiger partial charge in [-0.1, -0.05) is 0 Å². The van der Waals surface area contributed by atoms with Gasteiger partial charge in [-0.05, 0) is 31.7 Å². The molecule has 13 heavy (non-hydrogen) atoms. The standard InChI is InChI=1S/C10H18N2O/c1-12-9-7-11-6-2-3-8(9)4-5-10(12)13/h8-9,11H,2-7H2,1H3/t8-,9+/m0/s1. The number of carbonyl (C=O) groups is 1. The number of amides is 1. The summed E-state index contributed by atoms with van der Waals surface area (Å²) in [6, 6.07) is 0.462. The van der Waals surface area contributed by atoms with E-state index in [1.165, 1.54) is 12.8 Å². The van der Waals surface area contributed by atoms with Crippen LogP contribution in [-0.2, 0) is 4.79 Å². The lowest BCUT2D eigenvalue weighted by Crippen LogP contribution is -2.49. The molecule has 2 saturated heterocycles. The molecule has 2 aliphatic heterocycles. The first-order chi connectivity index (χ1) is 6.29. The van der Waals surface area contributed by atoms with Crippen LogP contribution in [-0.4, -0.2) is 37.0 Å². The van der Waals surface area contributed by atoms with Crippen LogP contribution in [0.4, 0.5) is 0 Å². The zero-order valence-electron chi connectivity index (χ0n) is 8.25. The minimum Gasteiger partial charge on any atom is -0.341 e. The van der Waals surface area contributed by atoms with Crippen molar-refractivity contribution in [3.05, 3.63) is 0 Å². The van der Waals surface area contributed by atoms with E-state index in [2.05, 4.69) is 5.32 Å². The van der Waals surface area contributed by atoms with Crippen molar-refractivity contribution in [3.63, 3.8) is 0 Å². The van der Waals surface area contributed by atoms with Gasteiger partial charge in [-0.15, -0.1) is 0 Å². The first-order valence-electron chi connectivity index (χ1n) is 5.25. The fourth-order valence-electron chi connectivity index (χ4n) is 2.56. The van der Waals surface area contributed by atoms with Crippen LogP contribution in [0.5, 0.6) is 0 Å². The number of hydrogen-bond donors (Lipinski definition) is 1. The first-order valence-corrected chi connectivity index (χ1v) is 5.25. The summed E-state index contributed by atoms with van der Waals surface area (Å²) in [5.74, 6) is 1.07. The normalized spacial score (nSPS) is 35.5. The van der Waals surface area contributed by atoms with Gasteiger partial charge in [-0.25, -0.2) is 0 Å². The van der Waals surface area contributed by atoms with Crippen LogP contribution in [0, 0.1) is 5.92 Å². The molecule has 2 rings (SSSR count). The molecule has 2 atom stereocenters. The average molecular weight is 182 g/mol. The molecule has 1 amide bonds. The summed E-state index contributed by atoms with van der Waals surface area (Å²) in [6.45, 7) is 2.11. The second-order valence-electron chi connectivity index (χ2n) is 4.22. The lowest BCUT2D eigenvalue weighted by molar-refractivity contribution is -0.136. The molecule has 0 spiro atoms. The fourth-order valence-corrected chi connectivity index (χ4v) is 2.56. The lowest BCUT2D eigenvalue weighted by atomic mass is 9.86. The van der Waals surface area contributed by atoms with E-state index in [4.69, 9.17) is 0 Å². The van der Waals surface area contributed by atoms with Crippen molar-refractivity contribution in [2.24, 2.45) is 5.92 Å². The maximum absolute atomic E-state index is 11.5. The van der Waals surface area contributed by atoms with E-state index in [1.54, 1.807) is 0 Å². The zero-order valence-corrected chi connectivity index (χ0v) is 8.25. The molecule has 0 radical (unpaired) electrons. The number of fused-ring (bicyclic) bond motifs is 1. The van der Waals surface area contributed by atoms with Crippen LogP contribution in [0.15, 0.2) is 0 Å². The highest BCUT2D eigenvalue weighted by Gasteiger charge is 2.33. The highest BCUT2D eigenvalue weighted by atomic mass is 16.2. The average Bonchev–Trinajstić information content (AvgIpc) is 2.36. The molecule has 0 aliphatic carbocycles. The molecule has 2 fully saturated rings. The smallest absolute Gasteiger partial charge is 0.222 e. The van der Waals surface area contributed by atoms with Gasteiger partial charge in [0.2, 0.25) is 5.91 Å². The summed E-state index contributed by atoms with van der Waals surface area (Å²) in [5, 5.41) is 3.40. The van der Waals surface area contributed by atoms with Crippen LogP contribution in [0.1, 0.15) is 25.7 Å². The Kier molecular flexibility index (Phi) is 2.54. The first kappa shape index (κ1) is 9.00. The van der Waals surface area contributed by atoms with Gasteiger partial charge < -0.3 is 10.2 Å². The van der Waals surface area contributed by atoms with Crippen LogP contribution in [0.2, 0.25) is 0 Å². The Morgan fingerprint density at radius 2 is 2.31 bits per heavy atom. The number of rotatable bonds is 0. The molecule has 0 saturated carbocycles. The maximum Gasteiger partial charge on any atom is 0.222 e. The van der Waals surface area contributed by atoms with E-state index in [0.717, 1.165) is 31.8 Å². The minimum atomic E-state index is 0.324. The van der Waals surface area contributed by atoms with Crippen molar-refractivity contribution < 1.29 is 4.79 Å². The number of nitrogens with one attached hydrogen (secondary N) is 1. The topological polar surface area (TPSA) is 32.3 Å². The van der Waals surface area contributed by atoms with Crippen LogP contribution < -0.4 is 5.32 Å². The van der Waals surface area contributed by atoms with E-state index in [0.29, 0.717) is 11.9 Å². The number of nitrogens with zero attached hydrogens (tertiary/aromatic N) is 1. The second kappa shape index (κ2) is 3.66. The van der Waals surface area contributed by atoms with Crippen LogP contribution in [0.3, 0.4) is 0 Å². The van der Waals surface area contributed by atoms with Crippen molar-refractivity contribution in [2.75, 3.05) is 20.1 Å². The van der Waals surface area contributed by atoms with Crippen LogP contribution in [0.25, 0.3) is 0 Å². The van der Waals surface area contributed by atoms with E-state index in [-0.39, 0.29) is 0 Å². The van der Waals surface area contributed by atoms with Crippen molar-refractivity contribution in [2.45, 2.75) is 31.7 Å². The van der Waals surface area contributed by atoms with Crippen LogP contribution >= 0.6 is 0 Å². The van der Waals surface area contributed by atoms with E-state index in [9.17, 15) is 4.79 Å². The Balaban J connectivity index is 2.08. The Morgan fingerprint density at radius 3 is 3.15 bits per heavy atom. The van der Waals surface area contributed by atoms with Gasteiger partial charge in [0.1, 0.15) is 0 Å².